The van der Waals surface area contributed by atoms with Gasteiger partial charge in [0.15, 0.2) is 0 Å². The van der Waals surface area contributed by atoms with Crippen LogP contribution in [0.5, 0.6) is 11.5 Å². The van der Waals surface area contributed by atoms with Gasteiger partial charge >= 0.3 is 0 Å². The zero-order valence-electron chi connectivity index (χ0n) is 8.05. The molecule has 0 radical (unpaired) electrons. The maximum absolute atomic E-state index is 9.53. The van der Waals surface area contributed by atoms with Gasteiger partial charge in [0, 0.05) is 13.3 Å². The lowest BCUT2D eigenvalue weighted by molar-refractivity contribution is 0.467. The molecule has 0 atom stereocenters. The molecule has 5 heteroatoms. The first-order valence-electron chi connectivity index (χ1n) is 4.32. The maximum atomic E-state index is 9.53. The van der Waals surface area contributed by atoms with Crippen molar-refractivity contribution in [1.82, 2.24) is 9.97 Å². The van der Waals surface area contributed by atoms with Crippen LogP contribution < -0.4 is 0 Å². The normalized spacial score (nSPS) is 11.3. The van der Waals surface area contributed by atoms with Crippen LogP contribution in [0.25, 0.3) is 11.0 Å². The molecule has 1 heterocycles. The van der Waals surface area contributed by atoms with Crippen LogP contribution in [-0.4, -0.2) is 33.4 Å². The molecule has 0 unspecified atom stereocenters. The van der Waals surface area contributed by atoms with E-state index in [9.17, 15) is 10.2 Å². The molecule has 0 saturated heterocycles. The van der Waals surface area contributed by atoms with Gasteiger partial charge in [-0.15, -0.1) is 0 Å². The maximum Gasteiger partial charge on any atom is 0.143 e. The highest BCUT2D eigenvalue weighted by Crippen LogP contribution is 2.27. The highest BCUT2D eigenvalue weighted by Gasteiger charge is 2.07. The molecule has 15 heavy (non-hydrogen) atoms. The van der Waals surface area contributed by atoms with Crippen molar-refractivity contribution in [2.75, 3.05) is 7.05 Å². The Morgan fingerprint density at radius 2 is 1.87 bits per heavy atom. The number of hydrogen-bond donors (Lipinski definition) is 2. The first-order chi connectivity index (χ1) is 7.22. The number of aromatic nitrogens is 2. The Balaban J connectivity index is 2.75. The fourth-order valence-electron chi connectivity index (χ4n) is 1.28. The van der Waals surface area contributed by atoms with Crippen LogP contribution in [-0.2, 0) is 0 Å². The number of aliphatic imine (C=N–C) groups is 1. The molecule has 0 aliphatic heterocycles. The van der Waals surface area contributed by atoms with E-state index in [4.69, 9.17) is 0 Å². The zero-order chi connectivity index (χ0) is 10.8. The van der Waals surface area contributed by atoms with Crippen molar-refractivity contribution in [2.24, 2.45) is 4.99 Å². The van der Waals surface area contributed by atoms with Gasteiger partial charge in [0.2, 0.25) is 0 Å². The van der Waals surface area contributed by atoms with Crippen LogP contribution in [0.1, 0.15) is 5.69 Å². The molecule has 2 N–H and O–H groups in total. The van der Waals surface area contributed by atoms with Crippen molar-refractivity contribution >= 4 is 17.2 Å². The van der Waals surface area contributed by atoms with Gasteiger partial charge in [0.05, 0.1) is 11.9 Å². The van der Waals surface area contributed by atoms with Crippen molar-refractivity contribution < 1.29 is 10.2 Å². The summed E-state index contributed by atoms with van der Waals surface area (Å²) in [5.41, 5.74) is 1.08. The Kier molecular flexibility index (Phi) is 2.21. The lowest BCUT2D eigenvalue weighted by Crippen LogP contribution is -1.92. The number of benzene rings is 1. The van der Waals surface area contributed by atoms with Gasteiger partial charge in [-0.25, -0.2) is 9.97 Å². The average molecular weight is 203 g/mol. The largest absolute Gasteiger partial charge is 0.506 e. The molecule has 0 amide bonds. The van der Waals surface area contributed by atoms with Crippen LogP contribution in [0.15, 0.2) is 23.3 Å². The zero-order valence-corrected chi connectivity index (χ0v) is 8.05. The molecule has 0 fully saturated rings. The Labute approximate surface area is 85.8 Å². The summed E-state index contributed by atoms with van der Waals surface area (Å²) in [4.78, 5) is 11.9. The second-order valence-corrected chi connectivity index (χ2v) is 2.98. The summed E-state index contributed by atoms with van der Waals surface area (Å²) >= 11 is 0. The highest BCUT2D eigenvalue weighted by atomic mass is 16.3. The fraction of sp³-hybridized carbons (Fsp3) is 0.100. The molecule has 0 saturated carbocycles. The Morgan fingerprint density at radius 3 is 2.53 bits per heavy atom. The van der Waals surface area contributed by atoms with Crippen molar-refractivity contribution in [1.29, 1.82) is 0 Å². The van der Waals surface area contributed by atoms with E-state index < -0.39 is 0 Å². The minimum Gasteiger partial charge on any atom is -0.506 e. The number of phenols is 2. The summed E-state index contributed by atoms with van der Waals surface area (Å²) in [6.07, 6.45) is 3.00. The quantitative estimate of drug-likeness (QED) is 0.537. The summed E-state index contributed by atoms with van der Waals surface area (Å²) in [6.45, 7) is 0. The third-order valence-corrected chi connectivity index (χ3v) is 1.94. The van der Waals surface area contributed by atoms with Crippen molar-refractivity contribution in [2.45, 2.75) is 0 Å². The Morgan fingerprint density at radius 1 is 1.20 bits per heavy atom. The first kappa shape index (κ1) is 9.39. The lowest BCUT2D eigenvalue weighted by atomic mass is 10.2. The minimum atomic E-state index is -0.0124. The summed E-state index contributed by atoms with van der Waals surface area (Å²) in [5, 5.41) is 19.0. The van der Waals surface area contributed by atoms with Crippen LogP contribution in [0.2, 0.25) is 0 Å². The monoisotopic (exact) mass is 203 g/mol. The number of fused-ring (bicyclic) bond motifs is 1. The molecular formula is C10H9N3O2. The average Bonchev–Trinajstić information content (AvgIpc) is 2.24. The number of nitrogens with zero attached hydrogens (tertiary/aromatic N) is 3. The van der Waals surface area contributed by atoms with Crippen LogP contribution >= 0.6 is 0 Å². The molecule has 0 bridgehead atoms. The van der Waals surface area contributed by atoms with Gasteiger partial charge in [-0.05, 0) is 12.1 Å². The van der Waals surface area contributed by atoms with Crippen LogP contribution in [0.4, 0.5) is 0 Å². The van der Waals surface area contributed by atoms with Crippen LogP contribution in [0.3, 0.4) is 0 Å². The van der Waals surface area contributed by atoms with Gasteiger partial charge in [-0.3, -0.25) is 4.99 Å². The van der Waals surface area contributed by atoms with Gasteiger partial charge in [-0.2, -0.15) is 0 Å². The second kappa shape index (κ2) is 3.53. The predicted octanol–water partition coefficient (Wildman–Crippen LogP) is 1.09. The van der Waals surface area contributed by atoms with E-state index in [1.807, 2.05) is 0 Å². The third kappa shape index (κ3) is 1.59. The SMILES string of the molecule is C/N=C/c1cnc2c(O)ccc(O)c2n1. The molecule has 2 rings (SSSR count). The van der Waals surface area contributed by atoms with Crippen LogP contribution in [0, 0.1) is 0 Å². The summed E-state index contributed by atoms with van der Waals surface area (Å²) in [5.74, 6) is -0.0167. The van der Waals surface area contributed by atoms with E-state index in [1.54, 1.807) is 7.05 Å². The van der Waals surface area contributed by atoms with E-state index in [0.29, 0.717) is 5.69 Å². The molecule has 0 spiro atoms. The molecular weight excluding hydrogens is 194 g/mol. The second-order valence-electron chi connectivity index (χ2n) is 2.98. The van der Waals surface area contributed by atoms with E-state index in [-0.39, 0.29) is 22.5 Å². The van der Waals surface area contributed by atoms with E-state index >= 15 is 0 Å². The Hall–Kier alpha value is -2.17. The van der Waals surface area contributed by atoms with Gasteiger partial charge in [0.25, 0.3) is 0 Å². The number of phenolic OH excluding ortho intramolecular Hbond substituents is 2. The molecule has 1 aromatic carbocycles. The molecule has 0 aliphatic rings. The highest BCUT2D eigenvalue weighted by molar-refractivity contribution is 5.88. The molecule has 1 aromatic heterocycles. The van der Waals surface area contributed by atoms with Gasteiger partial charge in [-0.1, -0.05) is 0 Å². The van der Waals surface area contributed by atoms with E-state index in [2.05, 4.69) is 15.0 Å². The van der Waals surface area contributed by atoms with Crippen molar-refractivity contribution in [3.8, 4) is 11.5 Å². The summed E-state index contributed by atoms with van der Waals surface area (Å²) in [6, 6.07) is 2.75. The molecule has 2 aromatic rings. The molecule has 5 nitrogen and oxygen atoms in total. The van der Waals surface area contributed by atoms with E-state index in [1.165, 1.54) is 24.5 Å². The summed E-state index contributed by atoms with van der Waals surface area (Å²) in [7, 11) is 1.62. The third-order valence-electron chi connectivity index (χ3n) is 1.94. The number of rotatable bonds is 1. The lowest BCUT2D eigenvalue weighted by Gasteiger charge is -2.02. The molecule has 0 aliphatic carbocycles. The number of hydrogen-bond acceptors (Lipinski definition) is 5. The van der Waals surface area contributed by atoms with Gasteiger partial charge < -0.3 is 10.2 Å². The van der Waals surface area contributed by atoms with E-state index in [0.717, 1.165) is 0 Å². The minimum absolute atomic E-state index is 0.00436. The fourth-order valence-corrected chi connectivity index (χ4v) is 1.28. The number of aromatic hydroxyl groups is 2. The molecule has 76 valence electrons. The first-order valence-corrected chi connectivity index (χ1v) is 4.32. The summed E-state index contributed by atoms with van der Waals surface area (Å²) < 4.78 is 0. The smallest absolute Gasteiger partial charge is 0.143 e. The van der Waals surface area contributed by atoms with Crippen molar-refractivity contribution in [3.63, 3.8) is 0 Å². The van der Waals surface area contributed by atoms with Gasteiger partial charge in [0.1, 0.15) is 22.5 Å². The standard InChI is InChI=1S/C10H9N3O2/c1-11-4-6-5-12-9-7(14)2-3-8(15)10(9)13-6/h2-5,14-15H,1H3/b11-4+. The topological polar surface area (TPSA) is 78.6 Å². The predicted molar refractivity (Wildman–Crippen MR) is 56.4 cm³/mol. The Bertz CT molecular complexity index is 537. The van der Waals surface area contributed by atoms with Crippen molar-refractivity contribution in [3.05, 3.63) is 24.0 Å².